The summed E-state index contributed by atoms with van der Waals surface area (Å²) in [7, 11) is 3.07. The second-order valence-electron chi connectivity index (χ2n) is 6.88. The summed E-state index contributed by atoms with van der Waals surface area (Å²) >= 11 is 0. The normalized spacial score (nSPS) is 10.4. The van der Waals surface area contributed by atoms with Crippen LogP contribution in [0.3, 0.4) is 0 Å². The number of nitrogens with zero attached hydrogens (tertiary/aromatic N) is 2. The Morgan fingerprint density at radius 3 is 2.45 bits per heavy atom. The van der Waals surface area contributed by atoms with Gasteiger partial charge in [0.1, 0.15) is 11.6 Å². The molecule has 8 heteroatoms. The van der Waals surface area contributed by atoms with Gasteiger partial charge in [-0.25, -0.2) is 9.37 Å². The van der Waals surface area contributed by atoms with Crippen LogP contribution in [-0.2, 0) is 0 Å². The van der Waals surface area contributed by atoms with E-state index in [0.717, 1.165) is 0 Å². The number of nitrogens with one attached hydrogen (secondary N) is 1. The molecular weight excluding hydrogens is 425 g/mol. The number of hydrogen-bond donors (Lipinski definition) is 1. The van der Waals surface area contributed by atoms with E-state index in [0.29, 0.717) is 45.8 Å². The Kier molecular flexibility index (Phi) is 6.45. The molecule has 0 aliphatic carbocycles. The number of amides is 1. The molecule has 1 aromatic heterocycles. The molecule has 0 aliphatic rings. The maximum Gasteiger partial charge on any atom is 0.255 e. The molecule has 0 saturated carbocycles. The molecule has 1 amide bonds. The van der Waals surface area contributed by atoms with Gasteiger partial charge in [-0.1, -0.05) is 6.07 Å². The van der Waals surface area contributed by atoms with Crippen molar-refractivity contribution < 1.29 is 23.4 Å². The highest BCUT2D eigenvalue weighted by molar-refractivity contribution is 6.04. The van der Waals surface area contributed by atoms with Crippen LogP contribution in [0.15, 0.2) is 79.0 Å². The first kappa shape index (κ1) is 21.8. The van der Waals surface area contributed by atoms with Gasteiger partial charge in [-0.2, -0.15) is 4.98 Å². The van der Waals surface area contributed by atoms with Crippen LogP contribution >= 0.6 is 0 Å². The van der Waals surface area contributed by atoms with Crippen LogP contribution < -0.4 is 19.5 Å². The fourth-order valence-electron chi connectivity index (χ4n) is 3.08. The van der Waals surface area contributed by atoms with Gasteiger partial charge < -0.3 is 19.5 Å². The fraction of sp³-hybridized carbons (Fsp3) is 0.0800. The molecule has 0 saturated heterocycles. The Labute approximate surface area is 189 Å². The lowest BCUT2D eigenvalue weighted by Gasteiger charge is -2.11. The number of ether oxygens (including phenoxy) is 3. The summed E-state index contributed by atoms with van der Waals surface area (Å²) in [5.74, 6) is 1.54. The van der Waals surface area contributed by atoms with E-state index in [1.807, 2.05) is 0 Å². The van der Waals surface area contributed by atoms with Crippen LogP contribution in [0.5, 0.6) is 23.1 Å². The molecule has 33 heavy (non-hydrogen) atoms. The number of aromatic nitrogens is 2. The van der Waals surface area contributed by atoms with Crippen molar-refractivity contribution in [2.24, 2.45) is 0 Å². The van der Waals surface area contributed by atoms with E-state index in [2.05, 4.69) is 15.3 Å². The number of hydrogen-bond acceptors (Lipinski definition) is 6. The Bertz CT molecular complexity index is 1280. The van der Waals surface area contributed by atoms with Crippen molar-refractivity contribution in [3.63, 3.8) is 0 Å². The van der Waals surface area contributed by atoms with Crippen molar-refractivity contribution in [2.75, 3.05) is 19.5 Å². The summed E-state index contributed by atoms with van der Waals surface area (Å²) < 4.78 is 29.5. The zero-order chi connectivity index (χ0) is 23.2. The topological polar surface area (TPSA) is 82.6 Å². The third-order valence-corrected chi connectivity index (χ3v) is 4.69. The molecule has 4 aromatic rings. The number of methoxy groups -OCH3 is 2. The number of benzene rings is 3. The van der Waals surface area contributed by atoms with Crippen molar-refractivity contribution in [2.45, 2.75) is 0 Å². The van der Waals surface area contributed by atoms with E-state index in [9.17, 15) is 9.18 Å². The predicted octanol–water partition coefficient (Wildman–Crippen LogP) is 5.34. The first-order chi connectivity index (χ1) is 16.1. The van der Waals surface area contributed by atoms with Crippen molar-refractivity contribution in [3.05, 3.63) is 90.4 Å². The van der Waals surface area contributed by atoms with Gasteiger partial charge in [0.2, 0.25) is 5.88 Å². The number of halogens is 1. The summed E-state index contributed by atoms with van der Waals surface area (Å²) in [5.41, 5.74) is 1.61. The van der Waals surface area contributed by atoms with Gasteiger partial charge in [0, 0.05) is 35.1 Å². The van der Waals surface area contributed by atoms with Crippen molar-refractivity contribution in [3.8, 4) is 34.5 Å². The van der Waals surface area contributed by atoms with Crippen molar-refractivity contribution in [1.82, 2.24) is 9.97 Å². The molecule has 3 aromatic carbocycles. The van der Waals surface area contributed by atoms with E-state index in [-0.39, 0.29) is 11.7 Å². The Morgan fingerprint density at radius 2 is 1.70 bits per heavy atom. The van der Waals surface area contributed by atoms with Gasteiger partial charge in [0.05, 0.1) is 14.2 Å². The lowest BCUT2D eigenvalue weighted by Crippen LogP contribution is -2.12. The summed E-state index contributed by atoms with van der Waals surface area (Å²) in [6.45, 7) is 0. The van der Waals surface area contributed by atoms with E-state index in [1.165, 1.54) is 19.2 Å². The monoisotopic (exact) mass is 445 g/mol. The molecule has 0 spiro atoms. The fourth-order valence-corrected chi connectivity index (χ4v) is 3.08. The van der Waals surface area contributed by atoms with Gasteiger partial charge in [0.25, 0.3) is 5.91 Å². The van der Waals surface area contributed by atoms with Gasteiger partial charge in [-0.05, 0) is 54.6 Å². The molecule has 166 valence electrons. The molecule has 0 unspecified atom stereocenters. The highest BCUT2D eigenvalue weighted by Crippen LogP contribution is 2.30. The Balaban J connectivity index is 1.50. The average molecular weight is 445 g/mol. The number of rotatable bonds is 7. The summed E-state index contributed by atoms with van der Waals surface area (Å²) in [4.78, 5) is 21.3. The second-order valence-corrected chi connectivity index (χ2v) is 6.88. The van der Waals surface area contributed by atoms with Crippen LogP contribution in [0, 0.1) is 5.82 Å². The molecule has 1 N–H and O–H groups in total. The zero-order valence-electron chi connectivity index (χ0n) is 17.9. The van der Waals surface area contributed by atoms with Crippen LogP contribution in [0.4, 0.5) is 10.1 Å². The Morgan fingerprint density at radius 1 is 0.909 bits per heavy atom. The van der Waals surface area contributed by atoms with Gasteiger partial charge in [-0.15, -0.1) is 0 Å². The quantitative estimate of drug-likeness (QED) is 0.413. The molecule has 0 atom stereocenters. The molecule has 0 bridgehead atoms. The molecule has 7 nitrogen and oxygen atoms in total. The van der Waals surface area contributed by atoms with Crippen molar-refractivity contribution in [1.29, 1.82) is 0 Å². The maximum atomic E-state index is 13.2. The number of anilines is 1. The number of carbonyl (C=O) groups is 1. The predicted molar refractivity (Wildman–Crippen MR) is 121 cm³/mol. The second kappa shape index (κ2) is 9.78. The van der Waals surface area contributed by atoms with Gasteiger partial charge >= 0.3 is 0 Å². The minimum Gasteiger partial charge on any atom is -0.493 e. The SMILES string of the molecule is COc1ccc(NC(=O)c2cccc(Oc3ccnc(-c4ccc(F)cc4)n3)c2)cc1OC. The van der Waals surface area contributed by atoms with E-state index < -0.39 is 0 Å². The molecule has 4 rings (SSSR count). The smallest absolute Gasteiger partial charge is 0.255 e. The lowest BCUT2D eigenvalue weighted by molar-refractivity contribution is 0.102. The lowest BCUT2D eigenvalue weighted by atomic mass is 10.2. The van der Waals surface area contributed by atoms with Gasteiger partial charge in [0.15, 0.2) is 17.3 Å². The van der Waals surface area contributed by atoms with Crippen molar-refractivity contribution >= 4 is 11.6 Å². The molecule has 0 aliphatic heterocycles. The minimum atomic E-state index is -0.339. The number of carbonyl (C=O) groups excluding carboxylic acids is 1. The van der Waals surface area contributed by atoms with Crippen LogP contribution in [0.1, 0.15) is 10.4 Å². The molecule has 0 fully saturated rings. The first-order valence-electron chi connectivity index (χ1n) is 9.96. The van der Waals surface area contributed by atoms with E-state index in [1.54, 1.807) is 74.0 Å². The summed E-state index contributed by atoms with van der Waals surface area (Å²) in [6, 6.07) is 19.3. The standard InChI is InChI=1S/C25H20FN3O4/c1-31-21-11-10-19(15-22(21)32-2)28-25(30)17-4-3-5-20(14-17)33-23-12-13-27-24(29-23)16-6-8-18(26)9-7-16/h3-15H,1-2H3,(H,28,30). The maximum absolute atomic E-state index is 13.2. The summed E-state index contributed by atoms with van der Waals surface area (Å²) in [5, 5.41) is 2.82. The molecule has 0 radical (unpaired) electrons. The van der Waals surface area contributed by atoms with Gasteiger partial charge in [-0.3, -0.25) is 4.79 Å². The average Bonchev–Trinajstić information content (AvgIpc) is 2.84. The van der Waals surface area contributed by atoms with Crippen LogP contribution in [-0.4, -0.2) is 30.1 Å². The van der Waals surface area contributed by atoms with Crippen LogP contribution in [0.25, 0.3) is 11.4 Å². The first-order valence-corrected chi connectivity index (χ1v) is 9.96. The third-order valence-electron chi connectivity index (χ3n) is 4.69. The highest BCUT2D eigenvalue weighted by atomic mass is 19.1. The largest absolute Gasteiger partial charge is 0.493 e. The molecular formula is C25H20FN3O4. The van der Waals surface area contributed by atoms with Crippen LogP contribution in [0.2, 0.25) is 0 Å². The summed E-state index contributed by atoms with van der Waals surface area (Å²) in [6.07, 6.45) is 1.55. The van der Waals surface area contributed by atoms with E-state index >= 15 is 0 Å². The van der Waals surface area contributed by atoms with E-state index in [4.69, 9.17) is 14.2 Å². The zero-order valence-corrected chi connectivity index (χ0v) is 17.9. The highest BCUT2D eigenvalue weighted by Gasteiger charge is 2.11. The molecule has 1 heterocycles. The Hall–Kier alpha value is -4.46. The third kappa shape index (κ3) is 5.24. The minimum absolute atomic E-state index is 0.293.